The molecule has 338 valence electrons. The van der Waals surface area contributed by atoms with E-state index in [1.54, 1.807) is 73.8 Å². The van der Waals surface area contributed by atoms with Gasteiger partial charge in [0.2, 0.25) is 35.6 Å². The molecule has 0 saturated carbocycles. The van der Waals surface area contributed by atoms with Gasteiger partial charge in [0.05, 0.1) is 22.8 Å². The summed E-state index contributed by atoms with van der Waals surface area (Å²) in [6.45, 7) is 7.41. The van der Waals surface area contributed by atoms with E-state index in [0.29, 0.717) is 70.9 Å². The molecule has 6 aromatic rings. The second kappa shape index (κ2) is 25.0. The number of rotatable bonds is 23. The lowest BCUT2D eigenvalue weighted by Gasteiger charge is -2.12. The summed E-state index contributed by atoms with van der Waals surface area (Å²) in [4.78, 5) is 59.6. The fraction of sp³-hybridized carbons (Fsp3) is 0.261. The molecule has 6 N–H and O–H groups in total. The molecule has 2 aromatic carbocycles. The van der Waals surface area contributed by atoms with Gasteiger partial charge in [-0.1, -0.05) is 25.7 Å². The lowest BCUT2D eigenvalue weighted by molar-refractivity contribution is -0.117. The number of anilines is 6. The summed E-state index contributed by atoms with van der Waals surface area (Å²) in [7, 11) is 0. The van der Waals surface area contributed by atoms with Crippen molar-refractivity contribution < 1.29 is 9.59 Å². The zero-order valence-electron chi connectivity index (χ0n) is 37.2. The van der Waals surface area contributed by atoms with Crippen molar-refractivity contribution in [2.75, 3.05) is 32.3 Å². The smallest absolute Gasteiger partial charge is 0.243 e. The number of hydrogen-bond donors (Lipinski definition) is 6. The second-order valence-corrected chi connectivity index (χ2v) is 14.8. The van der Waals surface area contributed by atoms with Crippen molar-refractivity contribution >= 4 is 69.8 Å². The highest BCUT2D eigenvalue weighted by Crippen LogP contribution is 2.21. The second-order valence-electron chi connectivity index (χ2n) is 14.8. The lowest BCUT2D eigenvalue weighted by atomic mass is 10.0. The molecule has 0 radical (unpaired) electrons. The van der Waals surface area contributed by atoms with E-state index in [2.05, 4.69) is 92.6 Å². The molecule has 0 aliphatic carbocycles. The van der Waals surface area contributed by atoms with Gasteiger partial charge < -0.3 is 10.6 Å². The van der Waals surface area contributed by atoms with E-state index >= 15 is 0 Å². The standard InChI is InChI=1S/C46H52N18O2/c1-31(57-61-43-47-17-11-18-48-43)35-25-36(32(2)58-62-44-49-19-12-20-50-44)28-39(27-35)55-41(65)15-9-7-5-6-8-10-16-42(66)56-40-29-37(33(3)59-63-45-51-21-13-22-52-45)26-38(30-40)34(4)60-64-46-53-23-14-24-54-46/h11-14,17-30H,5-10,15-16H2,1-4H3,(H,55,65)(H,56,66)(H,47,48,61)(H,49,50,62)(H,51,52,63)(H,53,54,64)/b57-31-,58-32+,59-33-,60-34+. The van der Waals surface area contributed by atoms with Crippen molar-refractivity contribution in [1.82, 2.24) is 39.9 Å². The van der Waals surface area contributed by atoms with Crippen LogP contribution in [-0.2, 0) is 9.59 Å². The third-order valence-corrected chi connectivity index (χ3v) is 9.72. The Morgan fingerprint density at radius 2 is 0.621 bits per heavy atom. The molecule has 0 aliphatic heterocycles. The van der Waals surface area contributed by atoms with Crippen molar-refractivity contribution in [3.63, 3.8) is 0 Å². The molecule has 66 heavy (non-hydrogen) atoms. The van der Waals surface area contributed by atoms with Crippen LogP contribution in [0.1, 0.15) is 101 Å². The van der Waals surface area contributed by atoms with Gasteiger partial charge in [-0.3, -0.25) is 9.59 Å². The third kappa shape index (κ3) is 15.7. The van der Waals surface area contributed by atoms with Crippen molar-refractivity contribution in [1.29, 1.82) is 0 Å². The minimum atomic E-state index is -0.0938. The van der Waals surface area contributed by atoms with Gasteiger partial charge in [0.25, 0.3) is 0 Å². The van der Waals surface area contributed by atoms with Gasteiger partial charge in [-0.15, -0.1) is 0 Å². The Morgan fingerprint density at radius 3 is 0.879 bits per heavy atom. The minimum Gasteiger partial charge on any atom is -0.326 e. The number of carbonyl (C=O) groups is 2. The normalized spacial score (nSPS) is 12.0. The van der Waals surface area contributed by atoms with E-state index in [-0.39, 0.29) is 11.8 Å². The Labute approximate surface area is 382 Å². The van der Waals surface area contributed by atoms with E-state index in [4.69, 9.17) is 0 Å². The van der Waals surface area contributed by atoms with Crippen LogP contribution in [0, 0.1) is 0 Å². The molecule has 2 amide bonds. The van der Waals surface area contributed by atoms with Crippen molar-refractivity contribution in [3.8, 4) is 0 Å². The van der Waals surface area contributed by atoms with Crippen molar-refractivity contribution in [3.05, 3.63) is 132 Å². The molecule has 20 heteroatoms. The Balaban J connectivity index is 0.975. The average molecular weight is 889 g/mol. The van der Waals surface area contributed by atoms with Gasteiger partial charge in [0, 0.05) is 96.0 Å². The first-order chi connectivity index (χ1) is 32.2. The van der Waals surface area contributed by atoms with Gasteiger partial charge >= 0.3 is 0 Å². The number of hydrogen-bond acceptors (Lipinski definition) is 18. The van der Waals surface area contributed by atoms with Crippen molar-refractivity contribution in [2.24, 2.45) is 20.4 Å². The molecule has 0 fully saturated rings. The molecular formula is C46H52N18O2. The molecule has 0 bridgehead atoms. The molecule has 4 heterocycles. The predicted molar refractivity (Wildman–Crippen MR) is 259 cm³/mol. The van der Waals surface area contributed by atoms with E-state index < -0.39 is 0 Å². The molecule has 4 aromatic heterocycles. The number of nitrogens with one attached hydrogen (secondary N) is 6. The fourth-order valence-electron chi connectivity index (χ4n) is 6.18. The monoisotopic (exact) mass is 888 g/mol. The Hall–Kier alpha value is -8.42. The maximum atomic E-state index is 13.2. The van der Waals surface area contributed by atoms with Crippen LogP contribution in [0.2, 0.25) is 0 Å². The number of unbranched alkanes of at least 4 members (excludes halogenated alkanes) is 5. The quantitative estimate of drug-likeness (QED) is 0.0203. The average Bonchev–Trinajstić information content (AvgIpc) is 3.35. The van der Waals surface area contributed by atoms with Gasteiger partial charge in [-0.2, -0.15) is 20.4 Å². The Kier molecular flexibility index (Phi) is 17.8. The van der Waals surface area contributed by atoms with Crippen LogP contribution in [0.3, 0.4) is 0 Å². The summed E-state index contributed by atoms with van der Waals surface area (Å²) < 4.78 is 0. The zero-order valence-corrected chi connectivity index (χ0v) is 37.2. The number of carbonyl (C=O) groups excluding carboxylic acids is 2. The molecule has 0 atom stereocenters. The predicted octanol–water partition coefficient (Wildman–Crippen LogP) is 7.89. The first kappa shape index (κ1) is 47.1. The maximum Gasteiger partial charge on any atom is 0.243 e. The summed E-state index contributed by atoms with van der Waals surface area (Å²) in [5.41, 5.74) is 18.4. The third-order valence-electron chi connectivity index (χ3n) is 9.72. The molecule has 0 unspecified atom stereocenters. The fourth-order valence-corrected chi connectivity index (χ4v) is 6.18. The first-order valence-electron chi connectivity index (χ1n) is 21.4. The summed E-state index contributed by atoms with van der Waals surface area (Å²) in [6.07, 6.45) is 18.9. The number of amides is 2. The Morgan fingerprint density at radius 1 is 0.379 bits per heavy atom. The summed E-state index contributed by atoms with van der Waals surface area (Å²) in [5, 5.41) is 23.9. The highest BCUT2D eigenvalue weighted by Gasteiger charge is 2.12. The van der Waals surface area contributed by atoms with Crippen LogP contribution in [0.4, 0.5) is 35.2 Å². The van der Waals surface area contributed by atoms with Crippen LogP contribution in [0.15, 0.2) is 131 Å². The largest absolute Gasteiger partial charge is 0.326 e. The summed E-state index contributed by atoms with van der Waals surface area (Å²) >= 11 is 0. The molecule has 6 rings (SSSR count). The van der Waals surface area contributed by atoms with E-state index in [1.807, 2.05) is 64.1 Å². The zero-order chi connectivity index (χ0) is 46.4. The molecular weight excluding hydrogens is 837 g/mol. The number of aromatic nitrogens is 8. The SMILES string of the molecule is C/C(=N/Nc1ncccn1)c1cc(NC(=O)CCCCCCCCC(=O)Nc2cc(/C(C)=N\Nc3ncccn3)cc(/C(C)=N/Nc3ncccn3)c2)cc(/C(C)=N/Nc2ncccn2)c1. The van der Waals surface area contributed by atoms with Gasteiger partial charge in [-0.05, 0) is 101 Å². The van der Waals surface area contributed by atoms with Crippen LogP contribution in [0.5, 0.6) is 0 Å². The highest BCUT2D eigenvalue weighted by atomic mass is 16.2. The van der Waals surface area contributed by atoms with Crippen molar-refractivity contribution in [2.45, 2.75) is 79.1 Å². The molecule has 0 aliphatic rings. The van der Waals surface area contributed by atoms with Gasteiger partial charge in [-0.25, -0.2) is 61.6 Å². The first-order valence-corrected chi connectivity index (χ1v) is 21.4. The number of benzene rings is 2. The lowest BCUT2D eigenvalue weighted by Crippen LogP contribution is -2.13. The highest BCUT2D eigenvalue weighted by molar-refractivity contribution is 6.07. The van der Waals surface area contributed by atoms with Gasteiger partial charge in [0.1, 0.15) is 0 Å². The number of hydrazone groups is 4. The number of nitrogens with zero attached hydrogens (tertiary/aromatic N) is 12. The van der Waals surface area contributed by atoms with E-state index in [9.17, 15) is 9.59 Å². The molecule has 0 saturated heterocycles. The molecule has 0 spiro atoms. The van der Waals surface area contributed by atoms with Crippen LogP contribution >= 0.6 is 0 Å². The van der Waals surface area contributed by atoms with E-state index in [1.165, 1.54) is 0 Å². The van der Waals surface area contributed by atoms with Gasteiger partial charge in [0.15, 0.2) is 0 Å². The van der Waals surface area contributed by atoms with E-state index in [0.717, 1.165) is 60.8 Å². The minimum absolute atomic E-state index is 0.0938. The molecule has 20 nitrogen and oxygen atoms in total. The summed E-state index contributed by atoms with van der Waals surface area (Å²) in [5.74, 6) is 1.26. The maximum absolute atomic E-state index is 13.2. The topological polar surface area (TPSA) is 259 Å². The van der Waals surface area contributed by atoms with Crippen LogP contribution in [-0.4, -0.2) is 74.5 Å². The van der Waals surface area contributed by atoms with Crippen LogP contribution < -0.4 is 32.3 Å². The van der Waals surface area contributed by atoms with Crippen LogP contribution in [0.25, 0.3) is 0 Å². The Bertz CT molecular complexity index is 2290. The summed E-state index contributed by atoms with van der Waals surface area (Å²) in [6, 6.07) is 18.2.